The number of nitrogens with one attached hydrogen (secondary N) is 1. The number of likely N-dealkylation sites (tertiary alicyclic amines) is 1. The summed E-state index contributed by atoms with van der Waals surface area (Å²) >= 11 is 0. The van der Waals surface area contributed by atoms with Crippen molar-refractivity contribution in [3.8, 4) is 5.88 Å². The molecular weight excluding hydrogens is 262 g/mol. The van der Waals surface area contributed by atoms with E-state index in [4.69, 9.17) is 4.74 Å². The number of hydrogen-bond acceptors (Lipinski definition) is 4. The van der Waals surface area contributed by atoms with Crippen molar-refractivity contribution in [2.45, 2.75) is 52.1 Å². The lowest BCUT2D eigenvalue weighted by molar-refractivity contribution is 0.122. The van der Waals surface area contributed by atoms with Crippen molar-refractivity contribution < 1.29 is 4.74 Å². The maximum atomic E-state index is 6.00. The van der Waals surface area contributed by atoms with Gasteiger partial charge in [0, 0.05) is 24.3 Å². The lowest BCUT2D eigenvalue weighted by Crippen LogP contribution is -2.40. The zero-order chi connectivity index (χ0) is 15.1. The smallest absolute Gasteiger partial charge is 0.213 e. The molecule has 0 radical (unpaired) electrons. The number of rotatable bonds is 7. The van der Waals surface area contributed by atoms with Crippen LogP contribution in [0.15, 0.2) is 12.1 Å². The Bertz CT molecular complexity index is 436. The average molecular weight is 291 g/mol. The first-order valence-corrected chi connectivity index (χ1v) is 8.26. The van der Waals surface area contributed by atoms with E-state index in [1.54, 1.807) is 0 Å². The summed E-state index contributed by atoms with van der Waals surface area (Å²) in [6, 6.07) is 4.77. The summed E-state index contributed by atoms with van der Waals surface area (Å²) in [5, 5.41) is 3.36. The van der Waals surface area contributed by atoms with Crippen LogP contribution in [0.4, 0.5) is 0 Å². The summed E-state index contributed by atoms with van der Waals surface area (Å²) in [4.78, 5) is 7.01. The lowest BCUT2D eigenvalue weighted by atomic mass is 10.0. The van der Waals surface area contributed by atoms with E-state index in [1.165, 1.54) is 31.4 Å². The Morgan fingerprint density at radius 3 is 2.90 bits per heavy atom. The zero-order valence-electron chi connectivity index (χ0n) is 13.7. The van der Waals surface area contributed by atoms with Crippen molar-refractivity contribution in [1.82, 2.24) is 15.2 Å². The highest BCUT2D eigenvalue weighted by atomic mass is 16.5. The van der Waals surface area contributed by atoms with E-state index in [-0.39, 0.29) is 0 Å². The van der Waals surface area contributed by atoms with E-state index in [0.29, 0.717) is 6.04 Å². The fraction of sp³-hybridized carbons (Fsp3) is 0.706. The Balaban J connectivity index is 1.97. The molecule has 4 heteroatoms. The molecule has 0 bridgehead atoms. The van der Waals surface area contributed by atoms with Crippen LogP contribution in [0.3, 0.4) is 0 Å². The molecule has 2 heterocycles. The maximum Gasteiger partial charge on any atom is 0.213 e. The molecule has 0 aromatic carbocycles. The van der Waals surface area contributed by atoms with Crippen LogP contribution in [-0.4, -0.2) is 42.7 Å². The van der Waals surface area contributed by atoms with Gasteiger partial charge < -0.3 is 15.0 Å². The number of likely N-dealkylation sites (N-methyl/N-ethyl adjacent to an activating group) is 1. The van der Waals surface area contributed by atoms with E-state index < -0.39 is 0 Å². The van der Waals surface area contributed by atoms with Crippen molar-refractivity contribution in [3.63, 3.8) is 0 Å². The minimum Gasteiger partial charge on any atom is -0.476 e. The van der Waals surface area contributed by atoms with E-state index in [2.05, 4.69) is 48.2 Å². The van der Waals surface area contributed by atoms with Crippen LogP contribution < -0.4 is 10.1 Å². The third kappa shape index (κ3) is 4.97. The largest absolute Gasteiger partial charge is 0.476 e. The van der Waals surface area contributed by atoms with Gasteiger partial charge in [-0.15, -0.1) is 0 Å². The number of piperidine rings is 1. The highest BCUT2D eigenvalue weighted by Crippen LogP contribution is 2.18. The molecule has 1 aliphatic rings. The number of aryl methyl sites for hydroxylation is 1. The van der Waals surface area contributed by atoms with Gasteiger partial charge in [-0.1, -0.05) is 20.3 Å². The molecule has 0 aliphatic carbocycles. The topological polar surface area (TPSA) is 37.4 Å². The van der Waals surface area contributed by atoms with Crippen LogP contribution in [0.5, 0.6) is 5.88 Å². The second-order valence-corrected chi connectivity index (χ2v) is 5.88. The van der Waals surface area contributed by atoms with Crippen molar-refractivity contribution in [2.24, 2.45) is 0 Å². The second-order valence-electron chi connectivity index (χ2n) is 5.88. The highest BCUT2D eigenvalue weighted by molar-refractivity contribution is 5.25. The van der Waals surface area contributed by atoms with Gasteiger partial charge in [-0.25, -0.2) is 4.98 Å². The van der Waals surface area contributed by atoms with Crippen LogP contribution >= 0.6 is 0 Å². The molecule has 0 spiro atoms. The molecule has 0 saturated carbocycles. The standard InChI is InChI=1S/C17H29N3O/c1-4-15-10-14(12-18-5-2)11-17(19-15)21-13-16-8-6-7-9-20(16)3/h10-11,16,18H,4-9,12-13H2,1-3H3. The Morgan fingerprint density at radius 1 is 1.33 bits per heavy atom. The summed E-state index contributed by atoms with van der Waals surface area (Å²) in [6.45, 7) is 8.05. The average Bonchev–Trinajstić information content (AvgIpc) is 2.52. The van der Waals surface area contributed by atoms with Crippen LogP contribution in [0.1, 0.15) is 44.4 Å². The van der Waals surface area contributed by atoms with Gasteiger partial charge in [-0.2, -0.15) is 0 Å². The molecule has 1 aromatic heterocycles. The molecule has 0 amide bonds. The van der Waals surface area contributed by atoms with Crippen LogP contribution in [0, 0.1) is 0 Å². The number of ether oxygens (including phenoxy) is 1. The van der Waals surface area contributed by atoms with Crippen LogP contribution in [0.25, 0.3) is 0 Å². The minimum absolute atomic E-state index is 0.531. The summed E-state index contributed by atoms with van der Waals surface area (Å²) < 4.78 is 6.00. The van der Waals surface area contributed by atoms with Crippen LogP contribution in [-0.2, 0) is 13.0 Å². The van der Waals surface area contributed by atoms with Gasteiger partial charge in [0.2, 0.25) is 5.88 Å². The molecule has 1 aromatic rings. The van der Waals surface area contributed by atoms with Gasteiger partial charge in [0.25, 0.3) is 0 Å². The highest BCUT2D eigenvalue weighted by Gasteiger charge is 2.19. The molecule has 1 unspecified atom stereocenters. The molecule has 4 nitrogen and oxygen atoms in total. The number of nitrogens with zero attached hydrogens (tertiary/aromatic N) is 2. The summed E-state index contributed by atoms with van der Waals surface area (Å²) in [6.07, 6.45) is 4.80. The fourth-order valence-electron chi connectivity index (χ4n) is 2.78. The monoisotopic (exact) mass is 291 g/mol. The second kappa shape index (κ2) is 8.35. The molecule has 21 heavy (non-hydrogen) atoms. The lowest BCUT2D eigenvalue weighted by Gasteiger charge is -2.32. The molecule has 1 fully saturated rings. The first-order chi connectivity index (χ1) is 10.2. The van der Waals surface area contributed by atoms with Gasteiger partial charge in [-0.3, -0.25) is 0 Å². The summed E-state index contributed by atoms with van der Waals surface area (Å²) in [7, 11) is 2.19. The fourth-order valence-corrected chi connectivity index (χ4v) is 2.78. The Hall–Kier alpha value is -1.13. The third-order valence-electron chi connectivity index (χ3n) is 4.20. The number of pyridine rings is 1. The molecule has 2 rings (SSSR count). The van der Waals surface area contributed by atoms with Gasteiger partial charge in [0.05, 0.1) is 0 Å². The van der Waals surface area contributed by atoms with Gasteiger partial charge >= 0.3 is 0 Å². The van der Waals surface area contributed by atoms with E-state index in [9.17, 15) is 0 Å². The SMILES string of the molecule is CCNCc1cc(CC)nc(OCC2CCCCN2C)c1. The number of hydrogen-bond donors (Lipinski definition) is 1. The Labute approximate surface area is 128 Å². The minimum atomic E-state index is 0.531. The molecule has 1 aliphatic heterocycles. The van der Waals surface area contributed by atoms with Gasteiger partial charge in [0.15, 0.2) is 0 Å². The van der Waals surface area contributed by atoms with Crippen molar-refractivity contribution in [3.05, 3.63) is 23.4 Å². The Morgan fingerprint density at radius 2 is 2.19 bits per heavy atom. The van der Waals surface area contributed by atoms with Crippen molar-refractivity contribution >= 4 is 0 Å². The van der Waals surface area contributed by atoms with E-state index in [0.717, 1.165) is 37.7 Å². The third-order valence-corrected chi connectivity index (χ3v) is 4.20. The summed E-state index contributed by atoms with van der Waals surface area (Å²) in [5.74, 6) is 0.779. The molecular formula is C17H29N3O. The first kappa shape index (κ1) is 16.2. The first-order valence-electron chi connectivity index (χ1n) is 8.26. The molecule has 1 saturated heterocycles. The normalized spacial score (nSPS) is 19.7. The van der Waals surface area contributed by atoms with E-state index in [1.807, 2.05) is 0 Å². The predicted octanol–water partition coefficient (Wildman–Crippen LogP) is 2.62. The van der Waals surface area contributed by atoms with Crippen molar-refractivity contribution in [2.75, 3.05) is 26.7 Å². The maximum absolute atomic E-state index is 6.00. The van der Waals surface area contributed by atoms with Gasteiger partial charge in [-0.05, 0) is 51.0 Å². The molecule has 118 valence electrons. The number of aromatic nitrogens is 1. The molecule has 1 atom stereocenters. The zero-order valence-corrected chi connectivity index (χ0v) is 13.7. The van der Waals surface area contributed by atoms with E-state index >= 15 is 0 Å². The van der Waals surface area contributed by atoms with Crippen LogP contribution in [0.2, 0.25) is 0 Å². The van der Waals surface area contributed by atoms with Crippen molar-refractivity contribution in [1.29, 1.82) is 0 Å². The quantitative estimate of drug-likeness (QED) is 0.838. The predicted molar refractivity (Wildman–Crippen MR) is 86.8 cm³/mol. The van der Waals surface area contributed by atoms with Gasteiger partial charge in [0.1, 0.15) is 6.61 Å². The Kier molecular flexibility index (Phi) is 6.46. The molecule has 1 N–H and O–H groups in total. The summed E-state index contributed by atoms with van der Waals surface area (Å²) in [5.41, 5.74) is 2.37.